The fourth-order valence-corrected chi connectivity index (χ4v) is 5.09. The highest BCUT2D eigenvalue weighted by atomic mass is 32.1. The molecule has 1 saturated heterocycles. The Morgan fingerprint density at radius 2 is 2.27 bits per heavy atom. The smallest absolute Gasteiger partial charge is 0.261 e. The van der Waals surface area contributed by atoms with Crippen LogP contribution in [0.2, 0.25) is 0 Å². The molecule has 2 aliphatic rings. The number of nitrogens with one attached hydrogen (secondary N) is 1. The maximum Gasteiger partial charge on any atom is 0.261 e. The summed E-state index contributed by atoms with van der Waals surface area (Å²) in [7, 11) is 0. The monoisotopic (exact) mass is 371 g/mol. The first-order valence-corrected chi connectivity index (χ1v) is 10.2. The number of aromatic nitrogens is 1. The van der Waals surface area contributed by atoms with Gasteiger partial charge in [0.05, 0.1) is 17.1 Å². The van der Waals surface area contributed by atoms with Crippen LogP contribution >= 0.6 is 11.3 Å². The summed E-state index contributed by atoms with van der Waals surface area (Å²) >= 11 is 1.63. The van der Waals surface area contributed by atoms with Crippen LogP contribution in [0.4, 0.5) is 0 Å². The minimum absolute atomic E-state index is 0.00519. The van der Waals surface area contributed by atoms with Gasteiger partial charge in [-0.3, -0.25) is 9.78 Å². The summed E-state index contributed by atoms with van der Waals surface area (Å²) in [5.74, 6) is -0.00519. The average molecular weight is 372 g/mol. The molecule has 138 valence electrons. The molecule has 0 unspecified atom stereocenters. The van der Waals surface area contributed by atoms with E-state index < -0.39 is 0 Å². The van der Waals surface area contributed by atoms with Crippen molar-refractivity contribution in [2.75, 3.05) is 26.2 Å². The highest BCUT2D eigenvalue weighted by molar-refractivity contribution is 7.14. The maximum absolute atomic E-state index is 12.6. The SMILES string of the molecule is CCN1CCC2(CC1)OCCc1sc(C(=O)NCc3cccnc3)cc12. The lowest BCUT2D eigenvalue weighted by Crippen LogP contribution is -2.46. The highest BCUT2D eigenvalue weighted by Gasteiger charge is 2.42. The molecule has 0 aliphatic carbocycles. The van der Waals surface area contributed by atoms with Crippen LogP contribution in [0.3, 0.4) is 0 Å². The number of hydrogen-bond donors (Lipinski definition) is 1. The summed E-state index contributed by atoms with van der Waals surface area (Å²) in [5, 5.41) is 3.01. The largest absolute Gasteiger partial charge is 0.370 e. The van der Waals surface area contributed by atoms with Crippen LogP contribution in [0.25, 0.3) is 0 Å². The van der Waals surface area contributed by atoms with Gasteiger partial charge in [0.1, 0.15) is 0 Å². The Hall–Kier alpha value is -1.76. The van der Waals surface area contributed by atoms with Crippen molar-refractivity contribution in [2.45, 2.75) is 38.3 Å². The number of rotatable bonds is 4. The Kier molecular flexibility index (Phi) is 5.07. The fourth-order valence-electron chi connectivity index (χ4n) is 3.95. The molecular formula is C20H25N3O2S. The van der Waals surface area contributed by atoms with Crippen LogP contribution in [0.1, 0.15) is 45.4 Å². The Morgan fingerprint density at radius 1 is 1.42 bits per heavy atom. The first-order chi connectivity index (χ1) is 12.7. The second-order valence-corrected chi connectivity index (χ2v) is 8.16. The second-order valence-electron chi connectivity index (χ2n) is 7.02. The van der Waals surface area contributed by atoms with Crippen LogP contribution < -0.4 is 5.32 Å². The van der Waals surface area contributed by atoms with Gasteiger partial charge in [-0.2, -0.15) is 0 Å². The summed E-state index contributed by atoms with van der Waals surface area (Å²) in [6.07, 6.45) is 6.46. The second kappa shape index (κ2) is 7.47. The summed E-state index contributed by atoms with van der Waals surface area (Å²) < 4.78 is 6.29. The van der Waals surface area contributed by atoms with Gasteiger partial charge in [-0.15, -0.1) is 11.3 Å². The van der Waals surface area contributed by atoms with E-state index in [1.165, 1.54) is 10.4 Å². The van der Waals surface area contributed by atoms with Crippen LogP contribution in [0.5, 0.6) is 0 Å². The molecule has 4 heterocycles. The summed E-state index contributed by atoms with van der Waals surface area (Å²) in [5.41, 5.74) is 2.09. The minimum Gasteiger partial charge on any atom is -0.370 e. The molecule has 2 aliphatic heterocycles. The van der Waals surface area contributed by atoms with Gasteiger partial charge < -0.3 is 15.0 Å². The standard InChI is InChI=1S/C20H25N3O2S/c1-2-23-9-6-20(7-10-23)16-12-18(26-17(16)5-11-25-20)19(24)22-14-15-4-3-8-21-13-15/h3-4,8,12-13H,2,5-7,9-11,14H2,1H3,(H,22,24). The third kappa shape index (κ3) is 3.41. The van der Waals surface area contributed by atoms with Crippen molar-refractivity contribution in [1.29, 1.82) is 0 Å². The number of fused-ring (bicyclic) bond motifs is 2. The summed E-state index contributed by atoms with van der Waals surface area (Å²) in [4.78, 5) is 21.3. The number of pyridine rings is 1. The molecule has 1 fully saturated rings. The zero-order valence-electron chi connectivity index (χ0n) is 15.2. The van der Waals surface area contributed by atoms with Crippen molar-refractivity contribution in [3.05, 3.63) is 51.5 Å². The van der Waals surface area contributed by atoms with Crippen LogP contribution in [-0.4, -0.2) is 42.0 Å². The molecule has 0 radical (unpaired) electrons. The zero-order chi connectivity index (χ0) is 18.0. The number of ether oxygens (including phenoxy) is 1. The molecule has 1 amide bonds. The van der Waals surface area contributed by atoms with Gasteiger partial charge in [0, 0.05) is 43.3 Å². The maximum atomic E-state index is 12.6. The van der Waals surface area contributed by atoms with Crippen LogP contribution in [0.15, 0.2) is 30.6 Å². The number of carbonyl (C=O) groups is 1. The number of piperidine rings is 1. The minimum atomic E-state index is -0.183. The van der Waals surface area contributed by atoms with E-state index in [4.69, 9.17) is 4.74 Å². The van der Waals surface area contributed by atoms with Gasteiger partial charge in [0.25, 0.3) is 5.91 Å². The molecule has 2 aromatic heterocycles. The topological polar surface area (TPSA) is 54.5 Å². The molecule has 0 saturated carbocycles. The van der Waals surface area contributed by atoms with Gasteiger partial charge >= 0.3 is 0 Å². The molecule has 1 N–H and O–H groups in total. The normalized spacial score (nSPS) is 19.3. The van der Waals surface area contributed by atoms with Gasteiger partial charge in [-0.1, -0.05) is 13.0 Å². The van der Waals surface area contributed by atoms with Crippen molar-refractivity contribution < 1.29 is 9.53 Å². The molecule has 2 aromatic rings. The number of carbonyl (C=O) groups excluding carboxylic acids is 1. The lowest BCUT2D eigenvalue weighted by atomic mass is 9.82. The predicted octanol–water partition coefficient (Wildman–Crippen LogP) is 2.96. The number of nitrogens with zero attached hydrogens (tertiary/aromatic N) is 2. The van der Waals surface area contributed by atoms with Crippen molar-refractivity contribution in [3.63, 3.8) is 0 Å². The molecule has 6 heteroatoms. The van der Waals surface area contributed by atoms with Crippen LogP contribution in [0, 0.1) is 0 Å². The van der Waals surface area contributed by atoms with E-state index in [2.05, 4.69) is 28.2 Å². The molecule has 26 heavy (non-hydrogen) atoms. The van der Waals surface area contributed by atoms with Crippen molar-refractivity contribution in [1.82, 2.24) is 15.2 Å². The van der Waals surface area contributed by atoms with Gasteiger partial charge in [0.2, 0.25) is 0 Å². The van der Waals surface area contributed by atoms with Gasteiger partial charge in [-0.25, -0.2) is 0 Å². The molecule has 0 atom stereocenters. The van der Waals surface area contributed by atoms with Crippen molar-refractivity contribution >= 4 is 17.2 Å². The third-order valence-electron chi connectivity index (χ3n) is 5.52. The molecule has 0 bridgehead atoms. The summed E-state index contributed by atoms with van der Waals surface area (Å²) in [6.45, 7) is 6.69. The number of thiophene rings is 1. The molecule has 0 aromatic carbocycles. The molecule has 4 rings (SSSR count). The lowest BCUT2D eigenvalue weighted by molar-refractivity contribution is -0.0964. The Labute approximate surface area is 158 Å². The van der Waals surface area contributed by atoms with Gasteiger partial charge in [0.15, 0.2) is 0 Å². The van der Waals surface area contributed by atoms with E-state index in [1.54, 1.807) is 23.7 Å². The Morgan fingerprint density at radius 3 is 3.00 bits per heavy atom. The van der Waals surface area contributed by atoms with Crippen LogP contribution in [-0.2, 0) is 23.3 Å². The molecule has 5 nitrogen and oxygen atoms in total. The number of hydrogen-bond acceptors (Lipinski definition) is 5. The highest BCUT2D eigenvalue weighted by Crippen LogP contribution is 2.44. The summed E-state index contributed by atoms with van der Waals surface area (Å²) in [6, 6.07) is 5.94. The van der Waals surface area contributed by atoms with E-state index in [-0.39, 0.29) is 11.5 Å². The average Bonchev–Trinajstić information content (AvgIpc) is 3.14. The first-order valence-electron chi connectivity index (χ1n) is 9.37. The molecule has 1 spiro atoms. The zero-order valence-corrected chi connectivity index (χ0v) is 16.0. The van der Waals surface area contributed by atoms with E-state index in [9.17, 15) is 4.79 Å². The quantitative estimate of drug-likeness (QED) is 0.898. The molecular weight excluding hydrogens is 346 g/mol. The van der Waals surface area contributed by atoms with E-state index in [0.29, 0.717) is 6.54 Å². The number of likely N-dealkylation sites (tertiary alicyclic amines) is 1. The van der Waals surface area contributed by atoms with E-state index in [1.807, 2.05) is 12.1 Å². The van der Waals surface area contributed by atoms with E-state index in [0.717, 1.165) is 55.9 Å². The lowest BCUT2D eigenvalue weighted by Gasteiger charge is -2.43. The van der Waals surface area contributed by atoms with Crippen molar-refractivity contribution in [2.24, 2.45) is 0 Å². The van der Waals surface area contributed by atoms with Gasteiger partial charge in [-0.05, 0) is 42.6 Å². The van der Waals surface area contributed by atoms with E-state index >= 15 is 0 Å². The van der Waals surface area contributed by atoms with Crippen molar-refractivity contribution in [3.8, 4) is 0 Å². The fraction of sp³-hybridized carbons (Fsp3) is 0.500. The number of amides is 1. The first kappa shape index (κ1) is 17.6. The Bertz CT molecular complexity index is 767. The predicted molar refractivity (Wildman–Crippen MR) is 102 cm³/mol. The third-order valence-corrected chi connectivity index (χ3v) is 6.71. The Balaban J connectivity index is 1.49.